The topological polar surface area (TPSA) is 94.3 Å². The van der Waals surface area contributed by atoms with Gasteiger partial charge < -0.3 is 0 Å². The zero-order valence-electron chi connectivity index (χ0n) is 19.4. The number of H-pyrrole nitrogens is 1. The molecule has 0 saturated heterocycles. The van der Waals surface area contributed by atoms with Crippen molar-refractivity contribution in [3.8, 4) is 22.5 Å². The number of tetrazole rings is 1. The Labute approximate surface area is 202 Å². The summed E-state index contributed by atoms with van der Waals surface area (Å²) in [5, 5.41) is 19.1. The monoisotopic (exact) mass is 463 g/mol. The van der Waals surface area contributed by atoms with Crippen LogP contribution in [0.4, 0.5) is 0 Å². The summed E-state index contributed by atoms with van der Waals surface area (Å²) in [5.41, 5.74) is 4.91. The lowest BCUT2D eigenvalue weighted by Gasteiger charge is -2.09. The Balaban J connectivity index is 1.43. The summed E-state index contributed by atoms with van der Waals surface area (Å²) < 4.78 is 3.30. The number of hydrogen-bond acceptors (Lipinski definition) is 5. The van der Waals surface area contributed by atoms with Crippen LogP contribution in [0.1, 0.15) is 23.9 Å². The largest absolute Gasteiger partial charge is 0.346 e. The Morgan fingerprint density at radius 1 is 0.857 bits per heavy atom. The van der Waals surface area contributed by atoms with E-state index in [1.807, 2.05) is 85.8 Å². The molecule has 0 radical (unpaired) electrons. The zero-order valence-corrected chi connectivity index (χ0v) is 19.4. The molecule has 35 heavy (non-hydrogen) atoms. The minimum Gasteiger partial charge on any atom is -0.274 e. The molecule has 0 fully saturated rings. The lowest BCUT2D eigenvalue weighted by Crippen LogP contribution is -2.26. The summed E-state index contributed by atoms with van der Waals surface area (Å²) in [7, 11) is 0. The Morgan fingerprint density at radius 3 is 2.29 bits per heavy atom. The van der Waals surface area contributed by atoms with E-state index in [2.05, 4.69) is 37.9 Å². The molecule has 0 aliphatic heterocycles. The van der Waals surface area contributed by atoms with Crippen molar-refractivity contribution in [2.45, 2.75) is 26.4 Å². The summed E-state index contributed by atoms with van der Waals surface area (Å²) in [6.45, 7) is 2.86. The average Bonchev–Trinajstić information content (AvgIpc) is 3.54. The van der Waals surface area contributed by atoms with E-state index < -0.39 is 0 Å². The number of aromatic nitrogens is 7. The van der Waals surface area contributed by atoms with Crippen molar-refractivity contribution in [3.63, 3.8) is 0 Å². The molecule has 0 saturated carbocycles. The van der Waals surface area contributed by atoms with Crippen molar-refractivity contribution in [2.75, 3.05) is 0 Å². The molecule has 174 valence electrons. The summed E-state index contributed by atoms with van der Waals surface area (Å²) in [5.74, 6) is 1.30. The third-order valence-corrected chi connectivity index (χ3v) is 5.83. The molecular weight excluding hydrogens is 438 g/mol. The molecule has 0 unspecified atom stereocenters. The third kappa shape index (κ3) is 4.86. The molecule has 0 aliphatic carbocycles. The van der Waals surface area contributed by atoms with E-state index in [1.165, 1.54) is 0 Å². The highest BCUT2D eigenvalue weighted by Crippen LogP contribution is 2.29. The van der Waals surface area contributed by atoms with Crippen LogP contribution in [0.2, 0.25) is 0 Å². The van der Waals surface area contributed by atoms with E-state index in [4.69, 9.17) is 0 Å². The predicted octanol–water partition coefficient (Wildman–Crippen LogP) is 4.11. The molecule has 0 aliphatic rings. The second kappa shape index (κ2) is 10.1. The number of benzene rings is 3. The summed E-state index contributed by atoms with van der Waals surface area (Å²) in [6, 6.07) is 26.1. The molecule has 0 atom stereocenters. The Morgan fingerprint density at radius 2 is 1.57 bits per heavy atom. The van der Waals surface area contributed by atoms with Gasteiger partial charge in [-0.3, -0.25) is 4.57 Å². The van der Waals surface area contributed by atoms with Crippen molar-refractivity contribution in [1.29, 1.82) is 0 Å². The number of hydrogen-bond donors (Lipinski definition) is 1. The van der Waals surface area contributed by atoms with Crippen molar-refractivity contribution in [1.82, 2.24) is 35.0 Å². The fourth-order valence-electron chi connectivity index (χ4n) is 4.06. The van der Waals surface area contributed by atoms with Gasteiger partial charge in [-0.25, -0.2) is 9.48 Å². The van der Waals surface area contributed by atoms with Crippen LogP contribution >= 0.6 is 0 Å². The standard InChI is InChI=1S/C27H25N7O/c1-2-3-13-25-30-34(19-20-9-5-4-6-10-20)27(35)33(25)18-21-14-16-22(17-15-21)23-11-7-8-12-24(23)26-28-31-32-29-26/h2-12,14-17H,13,18-19H2,1H3,(H,28,29,31,32). The second-order valence-electron chi connectivity index (χ2n) is 8.18. The molecule has 1 N–H and O–H groups in total. The highest BCUT2D eigenvalue weighted by atomic mass is 16.2. The molecule has 0 amide bonds. The van der Waals surface area contributed by atoms with Gasteiger partial charge in [0.05, 0.1) is 13.1 Å². The normalized spacial score (nSPS) is 11.3. The van der Waals surface area contributed by atoms with Gasteiger partial charge in [0, 0.05) is 12.0 Å². The van der Waals surface area contributed by atoms with Gasteiger partial charge in [-0.1, -0.05) is 91.0 Å². The lowest BCUT2D eigenvalue weighted by atomic mass is 9.98. The Bertz CT molecular complexity index is 1480. The van der Waals surface area contributed by atoms with Gasteiger partial charge in [-0.2, -0.15) is 10.3 Å². The molecule has 8 nitrogen and oxygen atoms in total. The molecule has 8 heteroatoms. The minimum atomic E-state index is -0.111. The molecule has 5 aromatic rings. The van der Waals surface area contributed by atoms with Crippen molar-refractivity contribution in [2.24, 2.45) is 0 Å². The SMILES string of the molecule is CC=CCc1nn(Cc2ccccc2)c(=O)n1Cc1ccc(-c2ccccc2-c2nn[nH]n2)cc1. The zero-order chi connectivity index (χ0) is 24.0. The quantitative estimate of drug-likeness (QED) is 0.350. The summed E-state index contributed by atoms with van der Waals surface area (Å²) in [6.07, 6.45) is 4.59. The fourth-order valence-corrected chi connectivity index (χ4v) is 4.06. The van der Waals surface area contributed by atoms with E-state index in [-0.39, 0.29) is 5.69 Å². The fraction of sp³-hybridized carbons (Fsp3) is 0.148. The van der Waals surface area contributed by atoms with Crippen LogP contribution < -0.4 is 5.69 Å². The van der Waals surface area contributed by atoms with Gasteiger partial charge in [0.25, 0.3) is 0 Å². The maximum absolute atomic E-state index is 13.2. The molecular formula is C27H25N7O. The van der Waals surface area contributed by atoms with Crippen LogP contribution in [0.3, 0.4) is 0 Å². The summed E-state index contributed by atoms with van der Waals surface area (Å²) >= 11 is 0. The van der Waals surface area contributed by atoms with Crippen molar-refractivity contribution in [3.05, 3.63) is 118 Å². The Kier molecular flexibility index (Phi) is 6.43. The van der Waals surface area contributed by atoms with Gasteiger partial charge in [-0.05, 0) is 34.4 Å². The molecule has 0 bridgehead atoms. The third-order valence-electron chi connectivity index (χ3n) is 5.83. The van der Waals surface area contributed by atoms with Crippen LogP contribution in [-0.2, 0) is 19.5 Å². The highest BCUT2D eigenvalue weighted by molar-refractivity contribution is 5.80. The van der Waals surface area contributed by atoms with Crippen LogP contribution in [-0.4, -0.2) is 35.0 Å². The maximum Gasteiger partial charge on any atom is 0.346 e. The number of nitrogens with zero attached hydrogens (tertiary/aromatic N) is 6. The lowest BCUT2D eigenvalue weighted by molar-refractivity contribution is 0.637. The average molecular weight is 464 g/mol. The van der Waals surface area contributed by atoms with Gasteiger partial charge in [0.15, 0.2) is 0 Å². The molecule has 3 aromatic carbocycles. The van der Waals surface area contributed by atoms with Crippen molar-refractivity contribution >= 4 is 0 Å². The first kappa shape index (κ1) is 22.2. The van der Waals surface area contributed by atoms with Crippen LogP contribution in [0.25, 0.3) is 22.5 Å². The second-order valence-corrected chi connectivity index (χ2v) is 8.18. The van der Waals surface area contributed by atoms with Gasteiger partial charge in [0.2, 0.25) is 5.82 Å². The molecule has 2 aromatic heterocycles. The summed E-state index contributed by atoms with van der Waals surface area (Å²) in [4.78, 5) is 13.2. The number of nitrogens with one attached hydrogen (secondary N) is 1. The maximum atomic E-state index is 13.2. The van der Waals surface area contributed by atoms with Crippen LogP contribution in [0, 0.1) is 0 Å². The first-order valence-electron chi connectivity index (χ1n) is 11.5. The minimum absolute atomic E-state index is 0.111. The molecule has 5 rings (SSSR count). The van der Waals surface area contributed by atoms with Crippen LogP contribution in [0.15, 0.2) is 95.8 Å². The van der Waals surface area contributed by atoms with Gasteiger partial charge >= 0.3 is 5.69 Å². The number of rotatable bonds is 8. The van der Waals surface area contributed by atoms with E-state index in [9.17, 15) is 4.79 Å². The van der Waals surface area contributed by atoms with E-state index in [1.54, 1.807) is 9.25 Å². The smallest absolute Gasteiger partial charge is 0.274 e. The van der Waals surface area contributed by atoms with E-state index in [0.29, 0.717) is 25.3 Å². The number of aromatic amines is 1. The Hall–Kier alpha value is -4.59. The first-order chi connectivity index (χ1) is 17.2. The van der Waals surface area contributed by atoms with E-state index >= 15 is 0 Å². The molecule has 0 spiro atoms. The first-order valence-corrected chi connectivity index (χ1v) is 11.5. The van der Waals surface area contributed by atoms with Gasteiger partial charge in [-0.15, -0.1) is 10.2 Å². The van der Waals surface area contributed by atoms with E-state index in [0.717, 1.165) is 33.6 Å². The van der Waals surface area contributed by atoms with Gasteiger partial charge in [0.1, 0.15) is 5.82 Å². The highest BCUT2D eigenvalue weighted by Gasteiger charge is 2.14. The predicted molar refractivity (Wildman–Crippen MR) is 135 cm³/mol. The van der Waals surface area contributed by atoms with Crippen LogP contribution in [0.5, 0.6) is 0 Å². The molecule has 2 heterocycles. The number of allylic oxidation sites excluding steroid dienone is 2. The van der Waals surface area contributed by atoms with Crippen molar-refractivity contribution < 1.29 is 0 Å².